The van der Waals surface area contributed by atoms with Gasteiger partial charge in [-0.3, -0.25) is 4.79 Å². The van der Waals surface area contributed by atoms with E-state index < -0.39 is 0 Å². The Hall–Kier alpha value is -2.62. The average molecular weight is 465 g/mol. The fourth-order valence-electron chi connectivity index (χ4n) is 3.99. The van der Waals surface area contributed by atoms with Gasteiger partial charge in [-0.25, -0.2) is 5.43 Å². The van der Waals surface area contributed by atoms with Crippen LogP contribution in [0.2, 0.25) is 0 Å². The van der Waals surface area contributed by atoms with Crippen molar-refractivity contribution in [2.24, 2.45) is 5.10 Å². The van der Waals surface area contributed by atoms with Gasteiger partial charge in [0.25, 0.3) is 0 Å². The van der Waals surface area contributed by atoms with Gasteiger partial charge < -0.3 is 4.74 Å². The number of nitrogens with zero attached hydrogens (tertiary/aromatic N) is 1. The number of carbonyl (C=O) groups excluding carboxylic acids is 1. The molecule has 4 heteroatoms. The Morgan fingerprint density at radius 1 is 0.765 bits per heavy atom. The van der Waals surface area contributed by atoms with E-state index in [2.05, 4.69) is 17.5 Å². The number of rotatable bonds is 19. The van der Waals surface area contributed by atoms with Crippen molar-refractivity contribution in [3.05, 3.63) is 65.7 Å². The Morgan fingerprint density at radius 3 is 1.97 bits per heavy atom. The lowest BCUT2D eigenvalue weighted by Crippen LogP contribution is -2.17. The molecule has 2 rings (SSSR count). The Labute approximate surface area is 207 Å². The molecule has 1 N–H and O–H groups in total. The minimum atomic E-state index is -0.0259. The van der Waals surface area contributed by atoms with Crippen LogP contribution < -0.4 is 10.2 Å². The lowest BCUT2D eigenvalue weighted by molar-refractivity contribution is -0.121. The van der Waals surface area contributed by atoms with E-state index in [0.717, 1.165) is 29.7 Å². The van der Waals surface area contributed by atoms with Crippen LogP contribution in [-0.4, -0.2) is 12.1 Å². The third kappa shape index (κ3) is 13.2. The van der Waals surface area contributed by atoms with Crippen LogP contribution >= 0.6 is 0 Å². The number of para-hydroxylation sites is 1. The Balaban J connectivity index is 1.51. The van der Waals surface area contributed by atoms with Gasteiger partial charge in [-0.1, -0.05) is 126 Å². The normalized spacial score (nSPS) is 11.1. The second-order valence-electron chi connectivity index (χ2n) is 9.10. The SMILES string of the molecule is CCCCCCCCCCCCCCCC(=O)N/N=C/c1ccccc1OCc1ccccc1. The van der Waals surface area contributed by atoms with Gasteiger partial charge in [-0.15, -0.1) is 0 Å². The van der Waals surface area contributed by atoms with Crippen LogP contribution in [0.4, 0.5) is 0 Å². The summed E-state index contributed by atoms with van der Waals surface area (Å²) in [5, 5.41) is 4.13. The van der Waals surface area contributed by atoms with Crippen molar-refractivity contribution in [3.63, 3.8) is 0 Å². The van der Waals surface area contributed by atoms with E-state index in [-0.39, 0.29) is 5.91 Å². The highest BCUT2D eigenvalue weighted by atomic mass is 16.5. The third-order valence-corrected chi connectivity index (χ3v) is 6.06. The predicted octanol–water partition coefficient (Wildman–Crippen LogP) is 8.20. The minimum Gasteiger partial charge on any atom is -0.488 e. The summed E-state index contributed by atoms with van der Waals surface area (Å²) in [6.07, 6.45) is 19.1. The Morgan fingerprint density at radius 2 is 1.32 bits per heavy atom. The highest BCUT2D eigenvalue weighted by molar-refractivity contribution is 5.85. The quantitative estimate of drug-likeness (QED) is 0.129. The van der Waals surface area contributed by atoms with Crippen molar-refractivity contribution in [1.29, 1.82) is 0 Å². The van der Waals surface area contributed by atoms with Gasteiger partial charge in [0.15, 0.2) is 0 Å². The first-order valence-electron chi connectivity index (χ1n) is 13.4. The molecule has 34 heavy (non-hydrogen) atoms. The standard InChI is InChI=1S/C30H44N2O2/c1-2-3-4-5-6-7-8-9-10-11-12-13-17-24-30(33)32-31-25-28-22-18-19-23-29(28)34-26-27-20-15-14-16-21-27/h14-16,18-23,25H,2-13,17,24,26H2,1H3,(H,32,33)/b31-25+. The molecule has 186 valence electrons. The van der Waals surface area contributed by atoms with Crippen molar-refractivity contribution >= 4 is 12.1 Å². The van der Waals surface area contributed by atoms with Gasteiger partial charge in [0.1, 0.15) is 12.4 Å². The zero-order valence-corrected chi connectivity index (χ0v) is 21.1. The molecule has 0 fully saturated rings. The fourth-order valence-corrected chi connectivity index (χ4v) is 3.99. The van der Waals surface area contributed by atoms with Gasteiger partial charge in [0.2, 0.25) is 5.91 Å². The van der Waals surface area contributed by atoms with E-state index in [4.69, 9.17) is 4.74 Å². The number of hydrazone groups is 1. The molecule has 2 aromatic carbocycles. The molecule has 0 saturated carbocycles. The Kier molecular flexibility index (Phi) is 15.2. The van der Waals surface area contributed by atoms with Crippen molar-refractivity contribution in [2.75, 3.05) is 0 Å². The Bertz CT molecular complexity index is 804. The monoisotopic (exact) mass is 464 g/mol. The van der Waals surface area contributed by atoms with Crippen LogP contribution in [0.15, 0.2) is 59.7 Å². The summed E-state index contributed by atoms with van der Waals surface area (Å²) in [4.78, 5) is 12.1. The molecule has 0 aliphatic rings. The molecular weight excluding hydrogens is 420 g/mol. The number of carbonyl (C=O) groups is 1. The minimum absolute atomic E-state index is 0.0259. The molecule has 0 bridgehead atoms. The highest BCUT2D eigenvalue weighted by Crippen LogP contribution is 2.17. The maximum atomic E-state index is 12.1. The van der Waals surface area contributed by atoms with E-state index >= 15 is 0 Å². The first-order valence-corrected chi connectivity index (χ1v) is 13.4. The molecular formula is C30H44N2O2. The highest BCUT2D eigenvalue weighted by Gasteiger charge is 2.03. The molecule has 0 radical (unpaired) electrons. The van der Waals surface area contributed by atoms with Crippen molar-refractivity contribution < 1.29 is 9.53 Å². The summed E-state index contributed by atoms with van der Waals surface area (Å²) >= 11 is 0. The van der Waals surface area contributed by atoms with Crippen molar-refractivity contribution in [3.8, 4) is 5.75 Å². The summed E-state index contributed by atoms with van der Waals surface area (Å²) in [5.41, 5.74) is 4.61. The van der Waals surface area contributed by atoms with Crippen LogP contribution in [0, 0.1) is 0 Å². The van der Waals surface area contributed by atoms with Gasteiger partial charge in [-0.05, 0) is 24.1 Å². The molecule has 4 nitrogen and oxygen atoms in total. The second-order valence-corrected chi connectivity index (χ2v) is 9.10. The number of amides is 1. The van der Waals surface area contributed by atoms with Gasteiger partial charge in [-0.2, -0.15) is 5.10 Å². The maximum absolute atomic E-state index is 12.1. The number of ether oxygens (including phenoxy) is 1. The molecule has 0 aliphatic carbocycles. The molecule has 0 saturated heterocycles. The van der Waals surface area contributed by atoms with Crippen LogP contribution in [0.1, 0.15) is 108 Å². The molecule has 0 heterocycles. The summed E-state index contributed by atoms with van der Waals surface area (Å²) in [5.74, 6) is 0.725. The summed E-state index contributed by atoms with van der Waals surface area (Å²) < 4.78 is 5.93. The zero-order chi connectivity index (χ0) is 24.1. The molecule has 0 atom stereocenters. The number of hydrogen-bond acceptors (Lipinski definition) is 3. The topological polar surface area (TPSA) is 50.7 Å². The predicted molar refractivity (Wildman–Crippen MR) is 143 cm³/mol. The largest absolute Gasteiger partial charge is 0.488 e. The number of unbranched alkanes of at least 4 members (excludes halogenated alkanes) is 12. The maximum Gasteiger partial charge on any atom is 0.240 e. The number of hydrogen-bond donors (Lipinski definition) is 1. The first kappa shape index (κ1) is 27.6. The molecule has 0 spiro atoms. The summed E-state index contributed by atoms with van der Waals surface area (Å²) in [7, 11) is 0. The van der Waals surface area contributed by atoms with Crippen LogP contribution in [-0.2, 0) is 11.4 Å². The zero-order valence-electron chi connectivity index (χ0n) is 21.1. The first-order chi connectivity index (χ1) is 16.8. The smallest absolute Gasteiger partial charge is 0.240 e. The van der Waals surface area contributed by atoms with Crippen LogP contribution in [0.5, 0.6) is 5.75 Å². The number of nitrogens with one attached hydrogen (secondary N) is 1. The van der Waals surface area contributed by atoms with Crippen molar-refractivity contribution in [1.82, 2.24) is 5.43 Å². The molecule has 2 aromatic rings. The van der Waals surface area contributed by atoms with Crippen molar-refractivity contribution in [2.45, 2.75) is 103 Å². The summed E-state index contributed by atoms with van der Waals surface area (Å²) in [6.45, 7) is 2.77. The van der Waals surface area contributed by atoms with Gasteiger partial charge >= 0.3 is 0 Å². The van der Waals surface area contributed by atoms with Crippen LogP contribution in [0.25, 0.3) is 0 Å². The van der Waals surface area contributed by atoms with E-state index in [1.54, 1.807) is 6.21 Å². The van der Waals surface area contributed by atoms with E-state index in [9.17, 15) is 4.79 Å². The molecule has 0 aromatic heterocycles. The van der Waals surface area contributed by atoms with E-state index in [1.165, 1.54) is 70.6 Å². The van der Waals surface area contributed by atoms with Gasteiger partial charge in [0, 0.05) is 12.0 Å². The molecule has 1 amide bonds. The third-order valence-electron chi connectivity index (χ3n) is 6.06. The van der Waals surface area contributed by atoms with E-state index in [1.807, 2.05) is 54.6 Å². The fraction of sp³-hybridized carbons (Fsp3) is 0.533. The van der Waals surface area contributed by atoms with Gasteiger partial charge in [0.05, 0.1) is 6.21 Å². The molecule has 0 unspecified atom stereocenters. The lowest BCUT2D eigenvalue weighted by atomic mass is 10.0. The molecule has 0 aliphatic heterocycles. The van der Waals surface area contributed by atoms with Crippen LogP contribution in [0.3, 0.4) is 0 Å². The number of benzene rings is 2. The summed E-state index contributed by atoms with van der Waals surface area (Å²) in [6, 6.07) is 17.8. The second kappa shape index (κ2) is 18.8. The van der Waals surface area contributed by atoms with E-state index in [0.29, 0.717) is 13.0 Å². The lowest BCUT2D eigenvalue weighted by Gasteiger charge is -2.09. The average Bonchev–Trinajstić information content (AvgIpc) is 2.87.